The monoisotopic (exact) mass is 270 g/mol. The third kappa shape index (κ3) is 3.37. The second-order valence-corrected chi connectivity index (χ2v) is 5.56. The summed E-state index contributed by atoms with van der Waals surface area (Å²) in [5.41, 5.74) is -0.513. The highest BCUT2D eigenvalue weighted by atomic mass is 16.5. The zero-order valence-corrected chi connectivity index (χ0v) is 11.4. The smallest absolute Gasteiger partial charge is 0.317 e. The molecule has 2 fully saturated rings. The lowest BCUT2D eigenvalue weighted by atomic mass is 9.74. The molecule has 0 atom stereocenters. The van der Waals surface area contributed by atoms with Crippen molar-refractivity contribution in [2.45, 2.75) is 50.2 Å². The number of carboxylic acid groups (broad SMARTS) is 1. The number of nitrogens with one attached hydrogen (secondary N) is 1. The molecule has 0 aromatic rings. The first-order valence-electron chi connectivity index (χ1n) is 6.86. The number of carbonyl (C=O) groups is 2. The molecule has 0 aromatic heterocycles. The molecule has 19 heavy (non-hydrogen) atoms. The van der Waals surface area contributed by atoms with Gasteiger partial charge in [-0.15, -0.1) is 0 Å². The minimum atomic E-state index is -0.849. The van der Waals surface area contributed by atoms with Gasteiger partial charge in [0.2, 0.25) is 0 Å². The summed E-state index contributed by atoms with van der Waals surface area (Å²) in [7, 11) is 1.69. The van der Waals surface area contributed by atoms with Crippen LogP contribution in [-0.4, -0.2) is 53.8 Å². The molecular formula is C13H22N2O4. The van der Waals surface area contributed by atoms with E-state index < -0.39 is 11.5 Å². The molecule has 2 N–H and O–H groups in total. The predicted molar refractivity (Wildman–Crippen MR) is 69.0 cm³/mol. The van der Waals surface area contributed by atoms with Gasteiger partial charge in [0.1, 0.15) is 0 Å². The van der Waals surface area contributed by atoms with Crippen LogP contribution in [0.15, 0.2) is 0 Å². The molecule has 2 aliphatic rings. The number of rotatable bonds is 4. The van der Waals surface area contributed by atoms with E-state index in [4.69, 9.17) is 9.84 Å². The van der Waals surface area contributed by atoms with Crippen molar-refractivity contribution in [2.75, 3.05) is 20.2 Å². The number of nitrogens with zero attached hydrogens (tertiary/aromatic N) is 1. The number of urea groups is 1. The predicted octanol–water partition coefficient (Wildman–Crippen LogP) is 1.20. The zero-order chi connectivity index (χ0) is 13.9. The Hall–Kier alpha value is -1.30. The van der Waals surface area contributed by atoms with Crippen LogP contribution in [0, 0.1) is 0 Å². The lowest BCUT2D eigenvalue weighted by Crippen LogP contribution is -2.59. The van der Waals surface area contributed by atoms with Crippen molar-refractivity contribution in [1.29, 1.82) is 0 Å². The van der Waals surface area contributed by atoms with Crippen molar-refractivity contribution < 1.29 is 19.4 Å². The molecule has 0 aromatic carbocycles. The Balaban J connectivity index is 1.85. The number of amides is 2. The Morgan fingerprint density at radius 1 is 1.37 bits per heavy atom. The van der Waals surface area contributed by atoms with Crippen LogP contribution in [-0.2, 0) is 9.53 Å². The van der Waals surface area contributed by atoms with Crippen molar-refractivity contribution in [3.05, 3.63) is 0 Å². The molecule has 0 unspecified atom stereocenters. The number of carbonyl (C=O) groups excluding carboxylic acids is 1. The SMILES string of the molecule is COC1CCN(C(=O)NC2(CC(=O)O)CCC2)CC1. The Morgan fingerprint density at radius 3 is 2.42 bits per heavy atom. The average Bonchev–Trinajstić information content (AvgIpc) is 2.35. The third-order valence-electron chi connectivity index (χ3n) is 4.23. The van der Waals surface area contributed by atoms with Crippen molar-refractivity contribution >= 4 is 12.0 Å². The van der Waals surface area contributed by atoms with E-state index in [2.05, 4.69) is 5.32 Å². The maximum absolute atomic E-state index is 12.2. The fraction of sp³-hybridized carbons (Fsp3) is 0.846. The Morgan fingerprint density at radius 2 is 2.00 bits per heavy atom. The van der Waals surface area contributed by atoms with Crippen LogP contribution in [0.2, 0.25) is 0 Å². The number of carboxylic acids is 1. The van der Waals surface area contributed by atoms with Gasteiger partial charge in [-0.3, -0.25) is 4.79 Å². The maximum Gasteiger partial charge on any atom is 0.317 e. The first kappa shape index (κ1) is 14.1. The standard InChI is InChI=1S/C13H22N2O4/c1-19-10-3-7-15(8-4-10)12(18)14-13(5-2-6-13)9-11(16)17/h10H,2-9H2,1H3,(H,14,18)(H,16,17). The Labute approximate surface area is 113 Å². The van der Waals surface area contributed by atoms with E-state index in [1.807, 2.05) is 0 Å². The van der Waals surface area contributed by atoms with Crippen LogP contribution in [0.3, 0.4) is 0 Å². The normalized spacial score (nSPS) is 22.7. The van der Waals surface area contributed by atoms with Crippen LogP contribution < -0.4 is 5.32 Å². The first-order valence-corrected chi connectivity index (χ1v) is 6.86. The third-order valence-corrected chi connectivity index (χ3v) is 4.23. The van der Waals surface area contributed by atoms with E-state index in [0.29, 0.717) is 13.1 Å². The van der Waals surface area contributed by atoms with Gasteiger partial charge in [0.05, 0.1) is 18.1 Å². The average molecular weight is 270 g/mol. The summed E-state index contributed by atoms with van der Waals surface area (Å²) in [6.07, 6.45) is 4.46. The second-order valence-electron chi connectivity index (χ2n) is 5.56. The molecule has 0 radical (unpaired) electrons. The molecule has 1 heterocycles. The molecule has 6 heteroatoms. The Bertz CT molecular complexity index is 347. The lowest BCUT2D eigenvalue weighted by molar-refractivity contribution is -0.139. The Kier molecular flexibility index (Phi) is 4.29. The highest BCUT2D eigenvalue weighted by Gasteiger charge is 2.41. The van der Waals surface area contributed by atoms with E-state index in [9.17, 15) is 9.59 Å². The summed E-state index contributed by atoms with van der Waals surface area (Å²) in [4.78, 5) is 24.8. The number of likely N-dealkylation sites (tertiary alicyclic amines) is 1. The quantitative estimate of drug-likeness (QED) is 0.804. The van der Waals surface area contributed by atoms with Gasteiger partial charge in [0.25, 0.3) is 0 Å². The summed E-state index contributed by atoms with van der Waals surface area (Å²) in [6.45, 7) is 1.35. The zero-order valence-electron chi connectivity index (χ0n) is 11.4. The number of ether oxygens (including phenoxy) is 1. The van der Waals surface area contributed by atoms with Gasteiger partial charge >= 0.3 is 12.0 Å². The van der Waals surface area contributed by atoms with Crippen molar-refractivity contribution in [3.8, 4) is 0 Å². The lowest BCUT2D eigenvalue weighted by Gasteiger charge is -2.43. The summed E-state index contributed by atoms with van der Waals surface area (Å²) in [5, 5.41) is 11.9. The second kappa shape index (κ2) is 5.77. The van der Waals surface area contributed by atoms with Gasteiger partial charge in [0.15, 0.2) is 0 Å². The van der Waals surface area contributed by atoms with Crippen LogP contribution in [0.25, 0.3) is 0 Å². The summed E-state index contributed by atoms with van der Waals surface area (Å²) >= 11 is 0. The van der Waals surface area contributed by atoms with Gasteiger partial charge in [-0.1, -0.05) is 0 Å². The largest absolute Gasteiger partial charge is 0.481 e. The fourth-order valence-electron chi connectivity index (χ4n) is 2.84. The summed E-state index contributed by atoms with van der Waals surface area (Å²) in [5.74, 6) is -0.849. The van der Waals surface area contributed by atoms with Crippen molar-refractivity contribution in [1.82, 2.24) is 10.2 Å². The van der Waals surface area contributed by atoms with E-state index in [1.165, 1.54) is 0 Å². The molecule has 1 aliphatic carbocycles. The first-order chi connectivity index (χ1) is 9.04. The topological polar surface area (TPSA) is 78.9 Å². The maximum atomic E-state index is 12.2. The van der Waals surface area contributed by atoms with E-state index in [1.54, 1.807) is 12.0 Å². The van der Waals surface area contributed by atoms with Crippen LogP contribution >= 0.6 is 0 Å². The molecule has 1 saturated carbocycles. The highest BCUT2D eigenvalue weighted by Crippen LogP contribution is 2.35. The van der Waals surface area contributed by atoms with E-state index >= 15 is 0 Å². The summed E-state index contributed by atoms with van der Waals surface area (Å²) in [6, 6.07) is -0.129. The highest BCUT2D eigenvalue weighted by molar-refractivity contribution is 5.77. The minimum absolute atomic E-state index is 0.0211. The number of hydrogen-bond acceptors (Lipinski definition) is 3. The van der Waals surface area contributed by atoms with Gasteiger partial charge in [0, 0.05) is 20.2 Å². The fourth-order valence-corrected chi connectivity index (χ4v) is 2.84. The van der Waals surface area contributed by atoms with Gasteiger partial charge in [-0.25, -0.2) is 4.79 Å². The molecule has 6 nitrogen and oxygen atoms in total. The van der Waals surface area contributed by atoms with Crippen molar-refractivity contribution in [2.24, 2.45) is 0 Å². The van der Waals surface area contributed by atoms with Gasteiger partial charge in [-0.05, 0) is 32.1 Å². The van der Waals surface area contributed by atoms with Crippen LogP contribution in [0.1, 0.15) is 38.5 Å². The number of aliphatic carboxylic acids is 1. The molecule has 2 rings (SSSR count). The number of methoxy groups -OCH3 is 1. The molecule has 2 amide bonds. The molecule has 108 valence electrons. The minimum Gasteiger partial charge on any atom is -0.481 e. The molecule has 1 saturated heterocycles. The van der Waals surface area contributed by atoms with Gasteiger partial charge < -0.3 is 20.1 Å². The number of piperidine rings is 1. The van der Waals surface area contributed by atoms with Crippen molar-refractivity contribution in [3.63, 3.8) is 0 Å². The van der Waals surface area contributed by atoms with Gasteiger partial charge in [-0.2, -0.15) is 0 Å². The van der Waals surface area contributed by atoms with E-state index in [0.717, 1.165) is 32.1 Å². The molecular weight excluding hydrogens is 248 g/mol. The summed E-state index contributed by atoms with van der Waals surface area (Å²) < 4.78 is 5.27. The molecule has 0 spiro atoms. The molecule has 1 aliphatic heterocycles. The van der Waals surface area contributed by atoms with Crippen LogP contribution in [0.5, 0.6) is 0 Å². The molecule has 0 bridgehead atoms. The van der Waals surface area contributed by atoms with E-state index in [-0.39, 0.29) is 18.6 Å². The van der Waals surface area contributed by atoms with Crippen LogP contribution in [0.4, 0.5) is 4.79 Å². The number of hydrogen-bond donors (Lipinski definition) is 2.